The summed E-state index contributed by atoms with van der Waals surface area (Å²) in [5.74, 6) is -1.62. The minimum absolute atomic E-state index is 0.317. The Morgan fingerprint density at radius 1 is 1.17 bits per heavy atom. The van der Waals surface area contributed by atoms with Crippen LogP contribution in [0.3, 0.4) is 0 Å². The molecule has 0 saturated carbocycles. The van der Waals surface area contributed by atoms with Crippen LogP contribution in [0.25, 0.3) is 0 Å². The van der Waals surface area contributed by atoms with Gasteiger partial charge in [-0.15, -0.1) is 0 Å². The van der Waals surface area contributed by atoms with E-state index in [4.69, 9.17) is 0 Å². The standard InChI is InChI=1S/C12H15F2NO2S/c1-9-5-7-15(8-6-9)18(16,17)12-10(13)3-2-4-11(12)14/h2-4,9H,5-8H2,1H3. The van der Waals surface area contributed by atoms with Crippen molar-refractivity contribution in [1.82, 2.24) is 4.31 Å². The number of piperidine rings is 1. The zero-order valence-corrected chi connectivity index (χ0v) is 10.9. The topological polar surface area (TPSA) is 37.4 Å². The molecule has 0 aromatic heterocycles. The van der Waals surface area contributed by atoms with Crippen molar-refractivity contribution in [1.29, 1.82) is 0 Å². The SMILES string of the molecule is CC1CCN(S(=O)(=O)c2c(F)cccc2F)CC1. The van der Waals surface area contributed by atoms with E-state index in [1.165, 1.54) is 0 Å². The second kappa shape index (κ2) is 4.93. The van der Waals surface area contributed by atoms with E-state index < -0.39 is 26.6 Å². The summed E-state index contributed by atoms with van der Waals surface area (Å²) in [6.07, 6.45) is 1.44. The fourth-order valence-electron chi connectivity index (χ4n) is 2.08. The molecule has 1 saturated heterocycles. The molecule has 0 aliphatic carbocycles. The van der Waals surface area contributed by atoms with E-state index >= 15 is 0 Å². The molecule has 1 aliphatic rings. The first-order valence-electron chi connectivity index (χ1n) is 5.87. The van der Waals surface area contributed by atoms with Crippen LogP contribution in [0.15, 0.2) is 23.1 Å². The first-order valence-corrected chi connectivity index (χ1v) is 7.31. The number of hydrogen-bond donors (Lipinski definition) is 0. The largest absolute Gasteiger partial charge is 0.248 e. The number of sulfonamides is 1. The van der Waals surface area contributed by atoms with Gasteiger partial charge in [0.05, 0.1) is 0 Å². The molecule has 0 bridgehead atoms. The van der Waals surface area contributed by atoms with Crippen LogP contribution in [0, 0.1) is 17.6 Å². The van der Waals surface area contributed by atoms with Crippen LogP contribution in [0.4, 0.5) is 8.78 Å². The lowest BCUT2D eigenvalue weighted by Crippen LogP contribution is -2.38. The molecule has 0 unspecified atom stereocenters. The molecule has 0 amide bonds. The van der Waals surface area contributed by atoms with Crippen molar-refractivity contribution in [3.05, 3.63) is 29.8 Å². The van der Waals surface area contributed by atoms with Crippen molar-refractivity contribution >= 4 is 10.0 Å². The van der Waals surface area contributed by atoms with Crippen molar-refractivity contribution < 1.29 is 17.2 Å². The van der Waals surface area contributed by atoms with Crippen LogP contribution in [0.5, 0.6) is 0 Å². The Bertz CT molecular complexity index is 517. The van der Waals surface area contributed by atoms with E-state index in [2.05, 4.69) is 0 Å². The maximum Gasteiger partial charge on any atom is 0.248 e. The van der Waals surface area contributed by atoms with Gasteiger partial charge in [0.15, 0.2) is 4.90 Å². The first-order chi connectivity index (χ1) is 8.43. The third kappa shape index (κ3) is 2.40. The Balaban J connectivity index is 2.37. The first kappa shape index (κ1) is 13.4. The van der Waals surface area contributed by atoms with Gasteiger partial charge >= 0.3 is 0 Å². The highest BCUT2D eigenvalue weighted by Crippen LogP contribution is 2.26. The smallest absolute Gasteiger partial charge is 0.207 e. The fraction of sp³-hybridized carbons (Fsp3) is 0.500. The molecule has 3 nitrogen and oxygen atoms in total. The van der Waals surface area contributed by atoms with E-state index in [0.29, 0.717) is 19.0 Å². The Morgan fingerprint density at radius 3 is 2.17 bits per heavy atom. The number of benzene rings is 1. The zero-order chi connectivity index (χ0) is 13.3. The van der Waals surface area contributed by atoms with E-state index in [1.54, 1.807) is 0 Å². The Morgan fingerprint density at radius 2 is 1.67 bits per heavy atom. The molecule has 1 heterocycles. The minimum atomic E-state index is -4.06. The van der Waals surface area contributed by atoms with E-state index in [0.717, 1.165) is 35.3 Å². The summed E-state index contributed by atoms with van der Waals surface area (Å²) in [7, 11) is -4.06. The fourth-order valence-corrected chi connectivity index (χ4v) is 3.66. The molecule has 100 valence electrons. The molecule has 1 aliphatic heterocycles. The summed E-state index contributed by atoms with van der Waals surface area (Å²) in [5.41, 5.74) is 0. The summed E-state index contributed by atoms with van der Waals surface area (Å²) in [5, 5.41) is 0. The van der Waals surface area contributed by atoms with Crippen LogP contribution in [-0.2, 0) is 10.0 Å². The summed E-state index contributed by atoms with van der Waals surface area (Å²) in [6.45, 7) is 2.67. The molecule has 1 aromatic carbocycles. The zero-order valence-electron chi connectivity index (χ0n) is 10.1. The number of halogens is 2. The Kier molecular flexibility index (Phi) is 3.68. The number of nitrogens with zero attached hydrogens (tertiary/aromatic N) is 1. The van der Waals surface area contributed by atoms with Gasteiger partial charge in [-0.1, -0.05) is 13.0 Å². The highest BCUT2D eigenvalue weighted by molar-refractivity contribution is 7.89. The predicted molar refractivity (Wildman–Crippen MR) is 63.5 cm³/mol. The summed E-state index contributed by atoms with van der Waals surface area (Å²) in [4.78, 5) is -0.834. The molecule has 6 heteroatoms. The van der Waals surface area contributed by atoms with Gasteiger partial charge in [0.1, 0.15) is 11.6 Å². The molecule has 0 N–H and O–H groups in total. The monoisotopic (exact) mass is 275 g/mol. The quantitative estimate of drug-likeness (QED) is 0.831. The lowest BCUT2D eigenvalue weighted by molar-refractivity contribution is 0.286. The summed E-state index contributed by atoms with van der Waals surface area (Å²) >= 11 is 0. The molecular formula is C12H15F2NO2S. The molecule has 1 fully saturated rings. The van der Waals surface area contributed by atoms with Gasteiger partial charge in [0.2, 0.25) is 10.0 Å². The second-order valence-electron chi connectivity index (χ2n) is 4.64. The molecule has 0 spiro atoms. The maximum absolute atomic E-state index is 13.5. The van der Waals surface area contributed by atoms with E-state index in [-0.39, 0.29) is 0 Å². The van der Waals surface area contributed by atoms with Crippen LogP contribution in [-0.4, -0.2) is 25.8 Å². The van der Waals surface area contributed by atoms with Crippen molar-refractivity contribution in [2.75, 3.05) is 13.1 Å². The van der Waals surface area contributed by atoms with Crippen LogP contribution >= 0.6 is 0 Å². The Labute approximate surface area is 105 Å². The lowest BCUT2D eigenvalue weighted by Gasteiger charge is -2.29. The number of hydrogen-bond acceptors (Lipinski definition) is 2. The van der Waals surface area contributed by atoms with Gasteiger partial charge in [-0.05, 0) is 30.9 Å². The molecule has 18 heavy (non-hydrogen) atoms. The van der Waals surface area contributed by atoms with Crippen LogP contribution in [0.1, 0.15) is 19.8 Å². The van der Waals surface area contributed by atoms with E-state index in [1.807, 2.05) is 6.92 Å². The van der Waals surface area contributed by atoms with Gasteiger partial charge in [0.25, 0.3) is 0 Å². The average Bonchev–Trinajstić information content (AvgIpc) is 2.29. The highest BCUT2D eigenvalue weighted by atomic mass is 32.2. The number of rotatable bonds is 2. The van der Waals surface area contributed by atoms with Crippen LogP contribution in [0.2, 0.25) is 0 Å². The second-order valence-corrected chi connectivity index (χ2v) is 6.51. The highest BCUT2D eigenvalue weighted by Gasteiger charge is 2.32. The minimum Gasteiger partial charge on any atom is -0.207 e. The summed E-state index contributed by atoms with van der Waals surface area (Å²) < 4.78 is 52.6. The van der Waals surface area contributed by atoms with Gasteiger partial charge in [-0.3, -0.25) is 0 Å². The Hall–Kier alpha value is -1.01. The normalized spacial score (nSPS) is 19.1. The predicted octanol–water partition coefficient (Wildman–Crippen LogP) is 2.39. The van der Waals surface area contributed by atoms with Gasteiger partial charge in [0, 0.05) is 13.1 Å². The average molecular weight is 275 g/mol. The lowest BCUT2D eigenvalue weighted by atomic mass is 10.0. The van der Waals surface area contributed by atoms with Gasteiger partial charge < -0.3 is 0 Å². The van der Waals surface area contributed by atoms with Crippen LogP contribution < -0.4 is 0 Å². The molecule has 0 atom stereocenters. The molecular weight excluding hydrogens is 260 g/mol. The molecule has 2 rings (SSSR count). The summed E-state index contributed by atoms with van der Waals surface area (Å²) in [6, 6.07) is 3.08. The van der Waals surface area contributed by atoms with Gasteiger partial charge in [-0.25, -0.2) is 17.2 Å². The van der Waals surface area contributed by atoms with Crippen molar-refractivity contribution in [3.63, 3.8) is 0 Å². The van der Waals surface area contributed by atoms with E-state index in [9.17, 15) is 17.2 Å². The third-order valence-corrected chi connectivity index (χ3v) is 5.21. The van der Waals surface area contributed by atoms with Crippen molar-refractivity contribution in [2.24, 2.45) is 5.92 Å². The molecule has 0 radical (unpaired) electrons. The van der Waals surface area contributed by atoms with Crippen molar-refractivity contribution in [3.8, 4) is 0 Å². The van der Waals surface area contributed by atoms with Gasteiger partial charge in [-0.2, -0.15) is 4.31 Å². The molecule has 1 aromatic rings. The maximum atomic E-state index is 13.5. The third-order valence-electron chi connectivity index (χ3n) is 3.26. The van der Waals surface area contributed by atoms with Crippen molar-refractivity contribution in [2.45, 2.75) is 24.7 Å².